The van der Waals surface area contributed by atoms with Gasteiger partial charge in [-0.15, -0.1) is 0 Å². The predicted molar refractivity (Wildman–Crippen MR) is 63.0 cm³/mol. The molecule has 0 bridgehead atoms. The van der Waals surface area contributed by atoms with Crippen molar-refractivity contribution in [2.24, 2.45) is 0 Å². The van der Waals surface area contributed by atoms with Gasteiger partial charge in [-0.05, 0) is 48.7 Å². The van der Waals surface area contributed by atoms with Gasteiger partial charge < -0.3 is 0 Å². The van der Waals surface area contributed by atoms with E-state index >= 15 is 0 Å². The predicted octanol–water partition coefficient (Wildman–Crippen LogP) is 4.65. The normalized spacial score (nSPS) is 10.6. The van der Waals surface area contributed by atoms with E-state index in [4.69, 9.17) is 0 Å². The molecule has 2 aromatic carbocycles. The zero-order valence-electron chi connectivity index (χ0n) is 10.2. The van der Waals surface area contributed by atoms with Crippen molar-refractivity contribution in [3.63, 3.8) is 0 Å². The molecule has 0 unspecified atom stereocenters. The smallest absolute Gasteiger partial charge is 0.175 e. The quantitative estimate of drug-likeness (QED) is 0.722. The van der Waals surface area contributed by atoms with Gasteiger partial charge in [0.15, 0.2) is 17.4 Å². The third kappa shape index (κ3) is 2.41. The summed E-state index contributed by atoms with van der Waals surface area (Å²) in [4.78, 5) is 3.46. The average Bonchev–Trinajstić information content (AvgIpc) is 2.34. The third-order valence-electron chi connectivity index (χ3n) is 2.85. The van der Waals surface area contributed by atoms with Crippen molar-refractivity contribution in [2.75, 3.05) is 0 Å². The van der Waals surface area contributed by atoms with Crippen molar-refractivity contribution in [1.82, 2.24) is 0 Å². The van der Waals surface area contributed by atoms with Crippen molar-refractivity contribution in [3.8, 4) is 16.9 Å². The highest BCUT2D eigenvalue weighted by atomic mass is 19.3. The standard InChI is InChI=1S/C14H10F4O/c1-7-4-10(19-18)6-11(15)13(7)9-3-8(2)14(17)12(16)5-9/h3-6H,1-2H3. The van der Waals surface area contributed by atoms with Crippen molar-refractivity contribution in [2.45, 2.75) is 13.8 Å². The molecule has 0 saturated heterocycles. The summed E-state index contributed by atoms with van der Waals surface area (Å²) in [5.74, 6) is -3.07. The fourth-order valence-corrected chi connectivity index (χ4v) is 1.99. The van der Waals surface area contributed by atoms with E-state index in [-0.39, 0.29) is 22.4 Å². The monoisotopic (exact) mass is 270 g/mol. The zero-order chi connectivity index (χ0) is 14.2. The first kappa shape index (κ1) is 13.4. The highest BCUT2D eigenvalue weighted by Crippen LogP contribution is 2.32. The van der Waals surface area contributed by atoms with Gasteiger partial charge in [-0.25, -0.2) is 13.2 Å². The SMILES string of the molecule is Cc1cc(-c2c(C)cc(OF)cc2F)cc(F)c1F. The van der Waals surface area contributed by atoms with Crippen molar-refractivity contribution < 1.29 is 22.6 Å². The topological polar surface area (TPSA) is 9.23 Å². The van der Waals surface area contributed by atoms with Crippen LogP contribution in [-0.4, -0.2) is 0 Å². The van der Waals surface area contributed by atoms with Crippen LogP contribution >= 0.6 is 0 Å². The molecule has 0 N–H and O–H groups in total. The molecule has 0 aliphatic heterocycles. The number of hydrogen-bond acceptors (Lipinski definition) is 1. The lowest BCUT2D eigenvalue weighted by Gasteiger charge is -2.10. The van der Waals surface area contributed by atoms with Gasteiger partial charge in [0.05, 0.1) is 0 Å². The summed E-state index contributed by atoms with van der Waals surface area (Å²) in [5.41, 5.74) is 0.706. The molecule has 2 aromatic rings. The molecule has 0 spiro atoms. The minimum Gasteiger partial charge on any atom is -0.294 e. The summed E-state index contributed by atoms with van der Waals surface area (Å²) in [7, 11) is 0. The Hall–Kier alpha value is -2.04. The van der Waals surface area contributed by atoms with Crippen LogP contribution < -0.4 is 4.94 Å². The molecule has 2 rings (SSSR count). The van der Waals surface area contributed by atoms with Gasteiger partial charge in [0, 0.05) is 16.2 Å². The van der Waals surface area contributed by atoms with E-state index < -0.39 is 17.5 Å². The van der Waals surface area contributed by atoms with Crippen LogP contribution in [0.15, 0.2) is 24.3 Å². The molecule has 5 heteroatoms. The molecule has 0 aliphatic carbocycles. The van der Waals surface area contributed by atoms with E-state index in [2.05, 4.69) is 4.94 Å². The van der Waals surface area contributed by atoms with Crippen LogP contribution in [-0.2, 0) is 0 Å². The number of aryl methyl sites for hydroxylation is 2. The van der Waals surface area contributed by atoms with Crippen LogP contribution in [0.1, 0.15) is 11.1 Å². The minimum atomic E-state index is -1.06. The van der Waals surface area contributed by atoms with E-state index in [1.807, 2.05) is 0 Å². The van der Waals surface area contributed by atoms with Gasteiger partial charge in [-0.1, -0.05) is 0 Å². The largest absolute Gasteiger partial charge is 0.294 e. The molecule has 19 heavy (non-hydrogen) atoms. The Bertz CT molecular complexity index is 591. The fourth-order valence-electron chi connectivity index (χ4n) is 1.99. The first-order chi connectivity index (χ1) is 8.93. The second-order valence-corrected chi connectivity index (χ2v) is 4.26. The van der Waals surface area contributed by atoms with Crippen LogP contribution in [0.4, 0.5) is 17.7 Å². The van der Waals surface area contributed by atoms with Gasteiger partial charge in [0.25, 0.3) is 0 Å². The van der Waals surface area contributed by atoms with Crippen LogP contribution in [0, 0.1) is 31.3 Å². The van der Waals surface area contributed by atoms with E-state index in [1.165, 1.54) is 26.0 Å². The highest BCUT2D eigenvalue weighted by molar-refractivity contribution is 5.69. The molecule has 0 radical (unpaired) electrons. The molecular weight excluding hydrogens is 260 g/mol. The lowest BCUT2D eigenvalue weighted by Crippen LogP contribution is -1.95. The average molecular weight is 270 g/mol. The maximum atomic E-state index is 13.9. The first-order valence-corrected chi connectivity index (χ1v) is 5.48. The third-order valence-corrected chi connectivity index (χ3v) is 2.85. The molecule has 0 atom stereocenters. The summed E-state index contributed by atoms with van der Waals surface area (Å²) in [6.07, 6.45) is 0. The zero-order valence-corrected chi connectivity index (χ0v) is 10.2. The maximum absolute atomic E-state index is 13.9. The lowest BCUT2D eigenvalue weighted by molar-refractivity contribution is -0.00658. The summed E-state index contributed by atoms with van der Waals surface area (Å²) >= 11 is 0. The molecule has 0 amide bonds. The van der Waals surface area contributed by atoms with Crippen LogP contribution in [0.2, 0.25) is 0 Å². The Labute approximate surface area is 107 Å². The van der Waals surface area contributed by atoms with Gasteiger partial charge in [0.1, 0.15) is 5.82 Å². The number of rotatable bonds is 2. The van der Waals surface area contributed by atoms with Gasteiger partial charge >= 0.3 is 0 Å². The lowest BCUT2D eigenvalue weighted by atomic mass is 9.98. The van der Waals surface area contributed by atoms with Crippen LogP contribution in [0.3, 0.4) is 0 Å². The molecule has 100 valence electrons. The summed E-state index contributed by atoms with van der Waals surface area (Å²) in [6.45, 7) is 2.91. The van der Waals surface area contributed by atoms with Gasteiger partial charge in [-0.3, -0.25) is 4.94 Å². The maximum Gasteiger partial charge on any atom is 0.175 e. The first-order valence-electron chi connectivity index (χ1n) is 5.48. The Balaban J connectivity index is 2.66. The molecular formula is C14H10F4O. The second kappa shape index (κ2) is 4.91. The molecule has 0 aromatic heterocycles. The molecule has 1 nitrogen and oxygen atoms in total. The summed E-state index contributed by atoms with van der Waals surface area (Å²) < 4.78 is 52.5. The van der Waals surface area contributed by atoms with Crippen LogP contribution in [0.25, 0.3) is 11.1 Å². The van der Waals surface area contributed by atoms with E-state index in [0.717, 1.165) is 12.1 Å². The molecule has 0 aliphatic rings. The van der Waals surface area contributed by atoms with Gasteiger partial charge in [-0.2, -0.15) is 0 Å². The van der Waals surface area contributed by atoms with Crippen molar-refractivity contribution >= 4 is 0 Å². The highest BCUT2D eigenvalue weighted by Gasteiger charge is 2.15. The Morgan fingerprint density at radius 2 is 1.53 bits per heavy atom. The van der Waals surface area contributed by atoms with Crippen LogP contribution in [0.5, 0.6) is 5.75 Å². The van der Waals surface area contributed by atoms with Crippen molar-refractivity contribution in [1.29, 1.82) is 0 Å². The summed E-state index contributed by atoms with van der Waals surface area (Å²) in [6, 6.07) is 4.36. The van der Waals surface area contributed by atoms with E-state index in [0.29, 0.717) is 5.56 Å². The Kier molecular flexibility index (Phi) is 3.46. The Morgan fingerprint density at radius 3 is 2.05 bits per heavy atom. The van der Waals surface area contributed by atoms with E-state index in [9.17, 15) is 17.7 Å². The summed E-state index contributed by atoms with van der Waals surface area (Å²) in [5, 5.41) is 0. The number of halogens is 4. The minimum absolute atomic E-state index is 0.0691. The van der Waals surface area contributed by atoms with Crippen molar-refractivity contribution in [3.05, 3.63) is 52.8 Å². The number of hydrogen-bond donors (Lipinski definition) is 0. The number of benzene rings is 2. The fraction of sp³-hybridized carbons (Fsp3) is 0.143. The molecule has 0 fully saturated rings. The van der Waals surface area contributed by atoms with E-state index in [1.54, 1.807) is 0 Å². The molecule has 0 saturated carbocycles. The Morgan fingerprint density at radius 1 is 0.842 bits per heavy atom. The molecule has 0 heterocycles. The second-order valence-electron chi connectivity index (χ2n) is 4.26. The van der Waals surface area contributed by atoms with Gasteiger partial charge in [0.2, 0.25) is 0 Å².